The first-order chi connectivity index (χ1) is 9.42. The number of hydrogen-bond acceptors (Lipinski definition) is 3. The third-order valence-electron chi connectivity index (χ3n) is 4.29. The molecule has 1 atom stereocenters. The van der Waals surface area contributed by atoms with Crippen LogP contribution in [0.2, 0.25) is 0 Å². The van der Waals surface area contributed by atoms with Gasteiger partial charge in [0.05, 0.1) is 11.9 Å². The van der Waals surface area contributed by atoms with Gasteiger partial charge in [-0.25, -0.2) is 0 Å². The molecule has 0 heterocycles. The van der Waals surface area contributed by atoms with Gasteiger partial charge >= 0.3 is 0 Å². The second-order valence-electron chi connectivity index (χ2n) is 8.55. The van der Waals surface area contributed by atoms with Gasteiger partial charge < -0.3 is 11.1 Å². The van der Waals surface area contributed by atoms with Gasteiger partial charge in [0, 0.05) is 16.9 Å². The molecule has 0 aliphatic heterocycles. The van der Waals surface area contributed by atoms with Crippen LogP contribution in [0.3, 0.4) is 0 Å². The van der Waals surface area contributed by atoms with E-state index in [1.807, 2.05) is 20.8 Å². The third kappa shape index (κ3) is 5.42. The maximum absolute atomic E-state index is 12.8. The quantitative estimate of drug-likeness (QED) is 0.551. The van der Waals surface area contributed by atoms with Gasteiger partial charge in [-0.2, -0.15) is 0 Å². The van der Waals surface area contributed by atoms with E-state index in [4.69, 9.17) is 11.1 Å². The summed E-state index contributed by atoms with van der Waals surface area (Å²) < 4.78 is 0. The van der Waals surface area contributed by atoms with Crippen molar-refractivity contribution in [1.82, 2.24) is 5.32 Å². The van der Waals surface area contributed by atoms with Crippen molar-refractivity contribution >= 4 is 11.6 Å². The molecule has 0 radical (unpaired) electrons. The Bertz CT molecular complexity index is 382. The number of nitrogens with one attached hydrogen (secondary N) is 2. The second kappa shape index (κ2) is 6.47. The Morgan fingerprint density at radius 2 is 1.57 bits per heavy atom. The van der Waals surface area contributed by atoms with Gasteiger partial charge in [0.1, 0.15) is 0 Å². The molecule has 0 unspecified atom stereocenters. The summed E-state index contributed by atoms with van der Waals surface area (Å²) in [7, 11) is 0. The minimum Gasteiger partial charge on any atom is -0.387 e. The lowest BCUT2D eigenvalue weighted by molar-refractivity contribution is -0.130. The van der Waals surface area contributed by atoms with Crippen molar-refractivity contribution in [2.24, 2.45) is 23.0 Å². The standard InChI is InChI=1S/C17H33N3O/c1-16(2,3)14(21)13(20-17(4,5)6)11-7-9-12(10-8-11)15(18)19/h11-13,20H,7-10H2,1-6H3,(H3,18,19)/t11?,12?,13-/m1/s1. The summed E-state index contributed by atoms with van der Waals surface area (Å²) in [6.45, 7) is 12.3. The number of hydrogen-bond donors (Lipinski definition) is 3. The third-order valence-corrected chi connectivity index (χ3v) is 4.29. The number of carbonyl (C=O) groups excluding carboxylic acids is 1. The van der Waals surface area contributed by atoms with E-state index < -0.39 is 0 Å². The van der Waals surface area contributed by atoms with Crippen LogP contribution in [0.4, 0.5) is 0 Å². The van der Waals surface area contributed by atoms with E-state index in [2.05, 4.69) is 26.1 Å². The number of ketones is 1. The molecule has 0 bridgehead atoms. The van der Waals surface area contributed by atoms with E-state index in [9.17, 15) is 4.79 Å². The molecule has 0 aromatic rings. The minimum absolute atomic E-state index is 0.0804. The van der Waals surface area contributed by atoms with E-state index in [0.717, 1.165) is 25.7 Å². The van der Waals surface area contributed by atoms with Gasteiger partial charge in [0.15, 0.2) is 5.78 Å². The summed E-state index contributed by atoms with van der Waals surface area (Å²) in [5.74, 6) is 1.16. The first-order valence-electron chi connectivity index (χ1n) is 8.08. The summed E-state index contributed by atoms with van der Waals surface area (Å²) in [5.41, 5.74) is 5.21. The predicted octanol–water partition coefficient (Wildman–Crippen LogP) is 3.10. The first-order valence-corrected chi connectivity index (χ1v) is 8.08. The number of amidine groups is 1. The molecular weight excluding hydrogens is 262 g/mol. The highest BCUT2D eigenvalue weighted by Crippen LogP contribution is 2.34. The molecule has 0 spiro atoms. The number of Topliss-reactive ketones (excluding diaryl/α,β-unsaturated/α-hetero) is 1. The fourth-order valence-electron chi connectivity index (χ4n) is 3.09. The van der Waals surface area contributed by atoms with Crippen molar-refractivity contribution in [2.75, 3.05) is 0 Å². The Labute approximate surface area is 129 Å². The van der Waals surface area contributed by atoms with Crippen LogP contribution in [0.25, 0.3) is 0 Å². The van der Waals surface area contributed by atoms with E-state index in [1.54, 1.807) is 0 Å². The molecule has 1 aliphatic carbocycles. The van der Waals surface area contributed by atoms with Crippen LogP contribution in [-0.2, 0) is 4.79 Å². The predicted molar refractivity (Wildman–Crippen MR) is 88.5 cm³/mol. The highest BCUT2D eigenvalue weighted by atomic mass is 16.1. The summed E-state index contributed by atoms with van der Waals surface area (Å²) in [5, 5.41) is 11.1. The van der Waals surface area contributed by atoms with Crippen molar-refractivity contribution in [1.29, 1.82) is 5.41 Å². The Balaban J connectivity index is 2.84. The summed E-state index contributed by atoms with van der Waals surface area (Å²) in [6.07, 6.45) is 3.80. The lowest BCUT2D eigenvalue weighted by Gasteiger charge is -2.39. The molecule has 0 saturated heterocycles. The normalized spacial score (nSPS) is 25.4. The zero-order valence-corrected chi connectivity index (χ0v) is 14.5. The average molecular weight is 295 g/mol. The number of carbonyl (C=O) groups is 1. The molecule has 0 aromatic carbocycles. The van der Waals surface area contributed by atoms with Crippen molar-refractivity contribution in [3.05, 3.63) is 0 Å². The van der Waals surface area contributed by atoms with Gasteiger partial charge in [-0.15, -0.1) is 0 Å². The smallest absolute Gasteiger partial charge is 0.155 e. The molecule has 1 saturated carbocycles. The molecule has 122 valence electrons. The largest absolute Gasteiger partial charge is 0.387 e. The molecule has 1 rings (SSSR count). The van der Waals surface area contributed by atoms with Crippen molar-refractivity contribution in [3.63, 3.8) is 0 Å². The summed E-state index contributed by atoms with van der Waals surface area (Å²) >= 11 is 0. The maximum atomic E-state index is 12.8. The van der Waals surface area contributed by atoms with Crippen LogP contribution in [-0.4, -0.2) is 23.2 Å². The summed E-state index contributed by atoms with van der Waals surface area (Å²) in [4.78, 5) is 12.8. The fraction of sp³-hybridized carbons (Fsp3) is 0.882. The minimum atomic E-state index is -0.333. The molecule has 0 aromatic heterocycles. The molecule has 1 fully saturated rings. The summed E-state index contributed by atoms with van der Waals surface area (Å²) in [6, 6.07) is -0.0992. The Hall–Kier alpha value is -0.900. The topological polar surface area (TPSA) is 79.0 Å². The molecule has 4 heteroatoms. The monoisotopic (exact) mass is 295 g/mol. The highest BCUT2D eigenvalue weighted by molar-refractivity contribution is 5.89. The van der Waals surface area contributed by atoms with Crippen molar-refractivity contribution in [2.45, 2.75) is 78.8 Å². The fourth-order valence-corrected chi connectivity index (χ4v) is 3.09. The van der Waals surface area contributed by atoms with Crippen LogP contribution in [0.15, 0.2) is 0 Å². The van der Waals surface area contributed by atoms with Crippen LogP contribution in [0.1, 0.15) is 67.2 Å². The molecule has 4 N–H and O–H groups in total. The van der Waals surface area contributed by atoms with E-state index in [1.165, 1.54) is 0 Å². The van der Waals surface area contributed by atoms with Crippen molar-refractivity contribution in [3.8, 4) is 0 Å². The maximum Gasteiger partial charge on any atom is 0.155 e. The lowest BCUT2D eigenvalue weighted by atomic mass is 9.73. The Kier molecular flexibility index (Phi) is 5.59. The van der Waals surface area contributed by atoms with Crippen molar-refractivity contribution < 1.29 is 4.79 Å². The SMILES string of the molecule is CC(C)(C)N[C@@H](C(=O)C(C)(C)C)C1CCC(C(=N)N)CC1. The lowest BCUT2D eigenvalue weighted by Crippen LogP contribution is -2.55. The van der Waals surface area contributed by atoms with Crippen LogP contribution >= 0.6 is 0 Å². The highest BCUT2D eigenvalue weighted by Gasteiger charge is 2.38. The Morgan fingerprint density at radius 3 is 1.90 bits per heavy atom. The number of rotatable bonds is 4. The molecule has 1 aliphatic rings. The van der Waals surface area contributed by atoms with Gasteiger partial charge in [-0.1, -0.05) is 20.8 Å². The molecule has 4 nitrogen and oxygen atoms in total. The first kappa shape index (κ1) is 18.1. The zero-order chi connectivity index (χ0) is 16.4. The average Bonchev–Trinajstić information content (AvgIpc) is 2.33. The van der Waals surface area contributed by atoms with Crippen LogP contribution < -0.4 is 11.1 Å². The Morgan fingerprint density at radius 1 is 1.10 bits per heavy atom. The van der Waals surface area contributed by atoms with E-state index in [0.29, 0.717) is 17.5 Å². The molecular formula is C17H33N3O. The molecule has 0 amide bonds. The number of nitrogens with two attached hydrogens (primary N) is 1. The van der Waals surface area contributed by atoms with Gasteiger partial charge in [-0.3, -0.25) is 10.2 Å². The van der Waals surface area contributed by atoms with Crippen LogP contribution in [0.5, 0.6) is 0 Å². The molecule has 21 heavy (non-hydrogen) atoms. The van der Waals surface area contributed by atoms with E-state index >= 15 is 0 Å². The van der Waals surface area contributed by atoms with Gasteiger partial charge in [-0.05, 0) is 52.4 Å². The van der Waals surface area contributed by atoms with Crippen LogP contribution in [0, 0.1) is 22.7 Å². The zero-order valence-electron chi connectivity index (χ0n) is 14.5. The van der Waals surface area contributed by atoms with Gasteiger partial charge in [0.2, 0.25) is 0 Å². The van der Waals surface area contributed by atoms with E-state index in [-0.39, 0.29) is 22.9 Å². The van der Waals surface area contributed by atoms with Gasteiger partial charge in [0.25, 0.3) is 0 Å². The second-order valence-corrected chi connectivity index (χ2v) is 8.55.